The van der Waals surface area contributed by atoms with E-state index in [1.165, 1.54) is 0 Å². The van der Waals surface area contributed by atoms with Crippen LogP contribution in [0.5, 0.6) is 11.5 Å². The summed E-state index contributed by atoms with van der Waals surface area (Å²) in [4.78, 5) is 16.3. The Morgan fingerprint density at radius 3 is 2.83 bits per heavy atom. The molecule has 2 heterocycles. The summed E-state index contributed by atoms with van der Waals surface area (Å²) in [5.74, 6) is 1.03. The summed E-state index contributed by atoms with van der Waals surface area (Å²) in [6.45, 7) is 1.94. The lowest BCUT2D eigenvalue weighted by Crippen LogP contribution is -2.33. The fourth-order valence-corrected chi connectivity index (χ4v) is 3.33. The van der Waals surface area contributed by atoms with Crippen molar-refractivity contribution < 1.29 is 14.3 Å². The first-order valence-corrected chi connectivity index (χ1v) is 7.64. The average molecular weight is 307 g/mol. The van der Waals surface area contributed by atoms with Crippen molar-refractivity contribution in [3.05, 3.63) is 59.8 Å². The summed E-state index contributed by atoms with van der Waals surface area (Å²) in [5, 5.41) is 1.06. The number of carbonyl (C=O) groups is 1. The Kier molecular flexibility index (Phi) is 3.11. The van der Waals surface area contributed by atoms with E-state index in [1.54, 1.807) is 19.2 Å². The largest absolute Gasteiger partial charge is 0.497 e. The summed E-state index contributed by atoms with van der Waals surface area (Å²) in [5.41, 5.74) is 2.59. The molecule has 0 saturated carbocycles. The molecule has 2 unspecified atom stereocenters. The van der Waals surface area contributed by atoms with Crippen molar-refractivity contribution in [3.63, 3.8) is 0 Å². The molecule has 2 atom stereocenters. The number of aromatic nitrogens is 1. The molecule has 1 aliphatic rings. The lowest BCUT2D eigenvalue weighted by atomic mass is 9.84. The molecule has 3 aromatic rings. The fourth-order valence-electron chi connectivity index (χ4n) is 3.33. The number of fused-ring (bicyclic) bond motifs is 2. The zero-order chi connectivity index (χ0) is 16.0. The van der Waals surface area contributed by atoms with Gasteiger partial charge in [-0.25, -0.2) is 0 Å². The maximum Gasteiger partial charge on any atom is 0.177 e. The van der Waals surface area contributed by atoms with Gasteiger partial charge in [-0.05, 0) is 36.8 Å². The van der Waals surface area contributed by atoms with Crippen LogP contribution in [-0.2, 0) is 0 Å². The Morgan fingerprint density at radius 2 is 2.00 bits per heavy atom. The highest BCUT2D eigenvalue weighted by Gasteiger charge is 2.37. The van der Waals surface area contributed by atoms with E-state index in [9.17, 15) is 4.79 Å². The number of ketones is 1. The first-order chi connectivity index (χ1) is 11.2. The van der Waals surface area contributed by atoms with Crippen LogP contribution < -0.4 is 9.47 Å². The predicted octanol–water partition coefficient (Wildman–Crippen LogP) is 3.92. The Labute approximate surface area is 134 Å². The van der Waals surface area contributed by atoms with E-state index in [-0.39, 0.29) is 17.8 Å². The molecule has 23 heavy (non-hydrogen) atoms. The number of ether oxygens (including phenoxy) is 2. The van der Waals surface area contributed by atoms with Crippen molar-refractivity contribution in [2.75, 3.05) is 7.11 Å². The van der Waals surface area contributed by atoms with Crippen LogP contribution in [0.15, 0.2) is 48.7 Å². The van der Waals surface area contributed by atoms with Crippen molar-refractivity contribution in [1.82, 2.24) is 4.98 Å². The molecule has 0 aliphatic carbocycles. The zero-order valence-corrected chi connectivity index (χ0v) is 13.0. The van der Waals surface area contributed by atoms with E-state index in [2.05, 4.69) is 4.98 Å². The number of H-pyrrole nitrogens is 1. The van der Waals surface area contributed by atoms with Crippen LogP contribution in [0.3, 0.4) is 0 Å². The van der Waals surface area contributed by atoms with E-state index in [1.807, 2.05) is 43.5 Å². The van der Waals surface area contributed by atoms with Gasteiger partial charge < -0.3 is 14.5 Å². The Hall–Kier alpha value is -2.75. The summed E-state index contributed by atoms with van der Waals surface area (Å²) in [6.07, 6.45) is 1.70. The van der Waals surface area contributed by atoms with E-state index < -0.39 is 0 Å². The Bertz CT molecular complexity index is 897. The second-order valence-corrected chi connectivity index (χ2v) is 5.82. The van der Waals surface area contributed by atoms with E-state index in [0.717, 1.165) is 16.5 Å². The lowest BCUT2D eigenvalue weighted by Gasteiger charge is -2.30. The van der Waals surface area contributed by atoms with Gasteiger partial charge in [0.25, 0.3) is 0 Å². The number of hydrogen-bond acceptors (Lipinski definition) is 3. The second kappa shape index (κ2) is 5.16. The van der Waals surface area contributed by atoms with Crippen molar-refractivity contribution in [2.24, 2.45) is 0 Å². The number of Topliss-reactive ketones (excluding diaryl/α,β-unsaturated/α-hetero) is 1. The minimum Gasteiger partial charge on any atom is -0.497 e. The topological polar surface area (TPSA) is 51.3 Å². The molecule has 1 aliphatic heterocycles. The molecule has 1 aromatic heterocycles. The normalized spacial score (nSPS) is 20.2. The number of para-hydroxylation sites is 1. The molecule has 0 amide bonds. The number of carbonyl (C=O) groups excluding carboxylic acids is 1. The van der Waals surface area contributed by atoms with Gasteiger partial charge in [-0.1, -0.05) is 18.2 Å². The number of nitrogens with one attached hydrogen (secondary N) is 1. The van der Waals surface area contributed by atoms with Gasteiger partial charge in [-0.15, -0.1) is 0 Å². The number of hydrogen-bond donors (Lipinski definition) is 1. The highest BCUT2D eigenvalue weighted by atomic mass is 16.5. The van der Waals surface area contributed by atoms with Crippen LogP contribution >= 0.6 is 0 Å². The highest BCUT2D eigenvalue weighted by molar-refractivity contribution is 6.06. The van der Waals surface area contributed by atoms with Crippen molar-refractivity contribution in [1.29, 1.82) is 0 Å². The van der Waals surface area contributed by atoms with Gasteiger partial charge in [-0.2, -0.15) is 0 Å². The third-order valence-electron chi connectivity index (χ3n) is 4.47. The molecule has 4 nitrogen and oxygen atoms in total. The molecule has 4 rings (SSSR count). The van der Waals surface area contributed by atoms with Gasteiger partial charge in [0, 0.05) is 17.1 Å². The first kappa shape index (κ1) is 13.9. The Balaban J connectivity index is 1.84. The minimum atomic E-state index is -0.328. The monoisotopic (exact) mass is 307 g/mol. The van der Waals surface area contributed by atoms with Gasteiger partial charge in [0.05, 0.1) is 18.6 Å². The second-order valence-electron chi connectivity index (χ2n) is 5.82. The standard InChI is InChI=1S/C19H17NO3/c1-11-18(15-10-20-16-6-4-3-5-13(15)16)19(21)14-9-12(22-2)7-8-17(14)23-11/h3-11,18,20H,1-2H3. The molecule has 116 valence electrons. The SMILES string of the molecule is COc1ccc2c(c1)C(=O)C(c1c[nH]c3ccccc13)C(C)O2. The number of aromatic amines is 1. The molecular weight excluding hydrogens is 290 g/mol. The van der Waals surface area contributed by atoms with Crippen LogP contribution in [0.25, 0.3) is 10.9 Å². The van der Waals surface area contributed by atoms with Crippen LogP contribution in [-0.4, -0.2) is 24.0 Å². The minimum absolute atomic E-state index is 0.0717. The van der Waals surface area contributed by atoms with Gasteiger partial charge in [0.1, 0.15) is 17.6 Å². The molecule has 0 spiro atoms. The highest BCUT2D eigenvalue weighted by Crippen LogP contribution is 2.40. The molecular formula is C19H17NO3. The zero-order valence-electron chi connectivity index (χ0n) is 13.0. The van der Waals surface area contributed by atoms with Gasteiger partial charge >= 0.3 is 0 Å². The van der Waals surface area contributed by atoms with Crippen molar-refractivity contribution in [3.8, 4) is 11.5 Å². The maximum atomic E-state index is 13.1. The van der Waals surface area contributed by atoms with Crippen LogP contribution in [0.1, 0.15) is 28.8 Å². The number of methoxy groups -OCH3 is 1. The summed E-state index contributed by atoms with van der Waals surface area (Å²) >= 11 is 0. The molecule has 4 heteroatoms. The molecule has 0 bridgehead atoms. The third-order valence-corrected chi connectivity index (χ3v) is 4.47. The van der Waals surface area contributed by atoms with Gasteiger partial charge in [0.15, 0.2) is 5.78 Å². The van der Waals surface area contributed by atoms with E-state index >= 15 is 0 Å². The summed E-state index contributed by atoms with van der Waals surface area (Å²) < 4.78 is 11.2. The van der Waals surface area contributed by atoms with Crippen LogP contribution in [0.2, 0.25) is 0 Å². The first-order valence-electron chi connectivity index (χ1n) is 7.64. The maximum absolute atomic E-state index is 13.1. The molecule has 1 N–H and O–H groups in total. The van der Waals surface area contributed by atoms with E-state index in [0.29, 0.717) is 17.1 Å². The summed E-state index contributed by atoms with van der Waals surface area (Å²) in [7, 11) is 1.59. The predicted molar refractivity (Wildman–Crippen MR) is 88.5 cm³/mol. The fraction of sp³-hybridized carbons (Fsp3) is 0.211. The molecule has 2 aromatic carbocycles. The molecule has 0 fully saturated rings. The number of benzene rings is 2. The summed E-state index contributed by atoms with van der Waals surface area (Å²) in [6, 6.07) is 13.4. The number of rotatable bonds is 2. The van der Waals surface area contributed by atoms with Gasteiger partial charge in [0.2, 0.25) is 0 Å². The Morgan fingerprint density at radius 1 is 1.17 bits per heavy atom. The lowest BCUT2D eigenvalue weighted by molar-refractivity contribution is 0.0811. The quantitative estimate of drug-likeness (QED) is 0.780. The van der Waals surface area contributed by atoms with E-state index in [4.69, 9.17) is 9.47 Å². The average Bonchev–Trinajstić information content (AvgIpc) is 2.99. The smallest absolute Gasteiger partial charge is 0.177 e. The van der Waals surface area contributed by atoms with Crippen LogP contribution in [0, 0.1) is 0 Å². The van der Waals surface area contributed by atoms with Crippen molar-refractivity contribution in [2.45, 2.75) is 18.9 Å². The van der Waals surface area contributed by atoms with Gasteiger partial charge in [-0.3, -0.25) is 4.79 Å². The molecule has 0 saturated heterocycles. The van der Waals surface area contributed by atoms with Crippen molar-refractivity contribution >= 4 is 16.7 Å². The van der Waals surface area contributed by atoms with Crippen LogP contribution in [0.4, 0.5) is 0 Å². The molecule has 0 radical (unpaired) electrons. The third kappa shape index (κ3) is 2.10.